The minimum absolute atomic E-state index is 0.244. The lowest BCUT2D eigenvalue weighted by Crippen LogP contribution is -2.43. The zero-order valence-electron chi connectivity index (χ0n) is 13.7. The largest absolute Gasteiger partial charge is 0.364 e. The first-order valence-corrected chi connectivity index (χ1v) is 8.25. The Labute approximate surface area is 132 Å². The number of aryl methyl sites for hydroxylation is 1. The Kier molecular flexibility index (Phi) is 4.08. The average Bonchev–Trinajstić information content (AvgIpc) is 2.74. The van der Waals surface area contributed by atoms with Crippen molar-refractivity contribution in [3.63, 3.8) is 0 Å². The van der Waals surface area contributed by atoms with Crippen LogP contribution < -0.4 is 4.90 Å². The van der Waals surface area contributed by atoms with Crippen LogP contribution in [0.25, 0.3) is 0 Å². The Morgan fingerprint density at radius 2 is 1.95 bits per heavy atom. The minimum atomic E-state index is -0.244. The molecule has 2 heterocycles. The molecule has 0 saturated carbocycles. The van der Waals surface area contributed by atoms with E-state index < -0.39 is 0 Å². The monoisotopic (exact) mass is 303 g/mol. The molecule has 2 aliphatic rings. The second-order valence-electron chi connectivity index (χ2n) is 6.91. The van der Waals surface area contributed by atoms with Gasteiger partial charge in [0, 0.05) is 37.3 Å². The van der Waals surface area contributed by atoms with Crippen LogP contribution in [0.15, 0.2) is 18.2 Å². The second-order valence-corrected chi connectivity index (χ2v) is 6.91. The molecule has 2 aliphatic heterocycles. The summed E-state index contributed by atoms with van der Waals surface area (Å²) < 4.78 is 0. The molecule has 1 aromatic carbocycles. The van der Waals surface area contributed by atoms with E-state index in [1.807, 2.05) is 19.1 Å². The van der Waals surface area contributed by atoms with Crippen molar-refractivity contribution in [2.75, 3.05) is 18.0 Å². The van der Waals surface area contributed by atoms with Crippen molar-refractivity contribution in [3.05, 3.63) is 33.9 Å². The van der Waals surface area contributed by atoms with E-state index in [2.05, 4.69) is 23.6 Å². The van der Waals surface area contributed by atoms with Gasteiger partial charge in [-0.3, -0.25) is 15.0 Å². The first-order chi connectivity index (χ1) is 10.5. The molecule has 120 valence electrons. The van der Waals surface area contributed by atoms with Gasteiger partial charge in [-0.2, -0.15) is 0 Å². The van der Waals surface area contributed by atoms with Gasteiger partial charge in [0.2, 0.25) is 0 Å². The summed E-state index contributed by atoms with van der Waals surface area (Å²) in [7, 11) is 0. The zero-order chi connectivity index (χ0) is 15.9. The lowest BCUT2D eigenvalue weighted by atomic mass is 10.1. The Morgan fingerprint density at radius 3 is 2.64 bits per heavy atom. The summed E-state index contributed by atoms with van der Waals surface area (Å²) in [4.78, 5) is 16.0. The number of nitro groups is 1. The van der Waals surface area contributed by atoms with E-state index >= 15 is 0 Å². The molecule has 0 amide bonds. The van der Waals surface area contributed by atoms with Gasteiger partial charge in [-0.15, -0.1) is 0 Å². The first-order valence-electron chi connectivity index (χ1n) is 8.25. The van der Waals surface area contributed by atoms with Gasteiger partial charge < -0.3 is 4.90 Å². The molecule has 1 aromatic rings. The summed E-state index contributed by atoms with van der Waals surface area (Å²) in [6, 6.07) is 7.30. The maximum Gasteiger partial charge on any atom is 0.292 e. The van der Waals surface area contributed by atoms with Crippen molar-refractivity contribution < 1.29 is 4.92 Å². The van der Waals surface area contributed by atoms with Crippen LogP contribution in [0.5, 0.6) is 0 Å². The summed E-state index contributed by atoms with van der Waals surface area (Å²) in [5, 5.41) is 11.4. The van der Waals surface area contributed by atoms with E-state index in [-0.39, 0.29) is 10.6 Å². The van der Waals surface area contributed by atoms with Gasteiger partial charge in [0.15, 0.2) is 0 Å². The maximum atomic E-state index is 11.4. The molecule has 5 nitrogen and oxygen atoms in total. The van der Waals surface area contributed by atoms with Gasteiger partial charge >= 0.3 is 0 Å². The normalized spacial score (nSPS) is 25.5. The summed E-state index contributed by atoms with van der Waals surface area (Å²) in [5.74, 6) is 0. The zero-order valence-corrected chi connectivity index (χ0v) is 13.7. The van der Waals surface area contributed by atoms with Gasteiger partial charge in [-0.25, -0.2) is 0 Å². The summed E-state index contributed by atoms with van der Waals surface area (Å²) in [6.45, 7) is 8.24. The molecule has 2 bridgehead atoms. The molecule has 0 radical (unpaired) electrons. The highest BCUT2D eigenvalue weighted by atomic mass is 16.6. The van der Waals surface area contributed by atoms with E-state index in [4.69, 9.17) is 0 Å². The number of fused-ring (bicyclic) bond motifs is 2. The standard InChI is InChI=1S/C17H25N3O2/c1-12(2)19-14-5-6-15(19)11-18(9-8-14)16-7-4-13(3)10-17(16)20(21)22/h4,7,10,12,14-15H,5-6,8-9,11H2,1-3H3. The van der Waals surface area contributed by atoms with Crippen LogP contribution in [-0.2, 0) is 0 Å². The fourth-order valence-electron chi connectivity index (χ4n) is 4.22. The first kappa shape index (κ1) is 15.3. The quantitative estimate of drug-likeness (QED) is 0.634. The molecular formula is C17H25N3O2. The van der Waals surface area contributed by atoms with E-state index in [1.165, 1.54) is 12.8 Å². The molecule has 0 aromatic heterocycles. The van der Waals surface area contributed by atoms with Crippen LogP contribution in [0.2, 0.25) is 0 Å². The lowest BCUT2D eigenvalue weighted by Gasteiger charge is -2.32. The minimum Gasteiger partial charge on any atom is -0.364 e. The molecule has 5 heteroatoms. The molecule has 2 unspecified atom stereocenters. The third-order valence-electron chi connectivity index (χ3n) is 5.10. The molecule has 0 spiro atoms. The fraction of sp³-hybridized carbons (Fsp3) is 0.647. The highest BCUT2D eigenvalue weighted by molar-refractivity contribution is 5.64. The SMILES string of the molecule is Cc1ccc(N2CCC3CCC(C2)N3C(C)C)c([N+](=O)[O-])c1. The molecule has 2 saturated heterocycles. The molecule has 22 heavy (non-hydrogen) atoms. The summed E-state index contributed by atoms with van der Waals surface area (Å²) >= 11 is 0. The average molecular weight is 303 g/mol. The van der Waals surface area contributed by atoms with Crippen LogP contribution in [-0.4, -0.2) is 41.0 Å². The molecule has 3 rings (SSSR count). The van der Waals surface area contributed by atoms with Crippen molar-refractivity contribution in [2.24, 2.45) is 0 Å². The third kappa shape index (κ3) is 2.70. The topological polar surface area (TPSA) is 49.6 Å². The van der Waals surface area contributed by atoms with Crippen molar-refractivity contribution >= 4 is 11.4 Å². The van der Waals surface area contributed by atoms with Gasteiger partial charge in [-0.1, -0.05) is 6.07 Å². The van der Waals surface area contributed by atoms with Crippen molar-refractivity contribution in [2.45, 2.75) is 58.2 Å². The number of nitro benzene ring substituents is 1. The Morgan fingerprint density at radius 1 is 1.23 bits per heavy atom. The maximum absolute atomic E-state index is 11.4. The summed E-state index contributed by atoms with van der Waals surface area (Å²) in [6.07, 6.45) is 3.57. The van der Waals surface area contributed by atoms with Gasteiger partial charge in [0.05, 0.1) is 4.92 Å². The van der Waals surface area contributed by atoms with E-state index in [0.29, 0.717) is 18.1 Å². The van der Waals surface area contributed by atoms with Crippen LogP contribution in [0, 0.1) is 17.0 Å². The predicted octanol–water partition coefficient (Wildman–Crippen LogP) is 3.35. The van der Waals surface area contributed by atoms with E-state index in [0.717, 1.165) is 30.8 Å². The van der Waals surface area contributed by atoms with Gasteiger partial charge in [0.1, 0.15) is 5.69 Å². The van der Waals surface area contributed by atoms with E-state index in [9.17, 15) is 10.1 Å². The number of nitrogens with zero attached hydrogens (tertiary/aromatic N) is 3. The van der Waals surface area contributed by atoms with Crippen LogP contribution >= 0.6 is 0 Å². The molecule has 0 aliphatic carbocycles. The van der Waals surface area contributed by atoms with Crippen molar-refractivity contribution in [1.29, 1.82) is 0 Å². The lowest BCUT2D eigenvalue weighted by molar-refractivity contribution is -0.384. The highest BCUT2D eigenvalue weighted by Gasteiger charge is 2.39. The number of anilines is 1. The molecular weight excluding hydrogens is 278 g/mol. The molecule has 0 N–H and O–H groups in total. The fourth-order valence-corrected chi connectivity index (χ4v) is 4.22. The predicted molar refractivity (Wildman–Crippen MR) is 88.4 cm³/mol. The Balaban J connectivity index is 1.90. The second kappa shape index (κ2) is 5.88. The van der Waals surface area contributed by atoms with E-state index in [1.54, 1.807) is 6.07 Å². The van der Waals surface area contributed by atoms with Crippen LogP contribution in [0.4, 0.5) is 11.4 Å². The Hall–Kier alpha value is -1.62. The number of hydrogen-bond donors (Lipinski definition) is 0. The van der Waals surface area contributed by atoms with Gasteiger partial charge in [-0.05, 0) is 51.7 Å². The molecule has 2 atom stereocenters. The van der Waals surface area contributed by atoms with Crippen LogP contribution in [0.3, 0.4) is 0 Å². The number of benzene rings is 1. The molecule has 2 fully saturated rings. The van der Waals surface area contributed by atoms with Gasteiger partial charge in [0.25, 0.3) is 5.69 Å². The van der Waals surface area contributed by atoms with Crippen molar-refractivity contribution in [3.8, 4) is 0 Å². The summed E-state index contributed by atoms with van der Waals surface area (Å²) in [5.41, 5.74) is 1.97. The Bertz CT molecular complexity index is 573. The number of rotatable bonds is 3. The third-order valence-corrected chi connectivity index (χ3v) is 5.10. The van der Waals surface area contributed by atoms with Crippen LogP contribution in [0.1, 0.15) is 38.7 Å². The smallest absolute Gasteiger partial charge is 0.292 e. The number of hydrogen-bond acceptors (Lipinski definition) is 4. The highest BCUT2D eigenvalue weighted by Crippen LogP contribution is 2.36. The van der Waals surface area contributed by atoms with Crippen molar-refractivity contribution in [1.82, 2.24) is 4.90 Å².